The molecule has 0 aromatic rings. The van der Waals surface area contributed by atoms with E-state index in [-0.39, 0.29) is 0 Å². The number of aliphatic hydroxyl groups is 2. The zero-order chi connectivity index (χ0) is 11.6. The smallest absolute Gasteiger partial charge is 0.164 e. The van der Waals surface area contributed by atoms with Gasteiger partial charge in [0.2, 0.25) is 0 Å². The molecule has 1 aliphatic carbocycles. The SMILES string of the molecule is C=C1/C=C\C=C/CC2(O)CCCCC2(O)N1. The third-order valence-electron chi connectivity index (χ3n) is 3.52. The maximum atomic E-state index is 10.6. The molecule has 2 unspecified atom stereocenters. The molecule has 2 atom stereocenters. The molecule has 3 heteroatoms. The molecule has 0 radical (unpaired) electrons. The standard InChI is InChI=1S/C13H19NO2/c1-11-7-3-2-4-8-12(15)9-5-6-10-13(12,16)14-11/h2-4,7,14-16H,1,5-6,8-10H2/b4-2-,7-3-. The molecule has 1 heterocycles. The van der Waals surface area contributed by atoms with Crippen LogP contribution in [-0.2, 0) is 0 Å². The molecule has 2 rings (SSSR count). The maximum absolute atomic E-state index is 10.6. The van der Waals surface area contributed by atoms with E-state index >= 15 is 0 Å². The molecular formula is C13H19NO2. The second kappa shape index (κ2) is 4.07. The van der Waals surface area contributed by atoms with E-state index in [0.717, 1.165) is 12.8 Å². The molecule has 16 heavy (non-hydrogen) atoms. The number of allylic oxidation sites excluding steroid dienone is 3. The van der Waals surface area contributed by atoms with Crippen LogP contribution in [0.1, 0.15) is 32.1 Å². The fourth-order valence-corrected chi connectivity index (χ4v) is 2.51. The van der Waals surface area contributed by atoms with Gasteiger partial charge in [0.05, 0.1) is 0 Å². The van der Waals surface area contributed by atoms with Gasteiger partial charge < -0.3 is 15.5 Å². The Balaban J connectivity index is 2.33. The molecule has 1 aliphatic heterocycles. The van der Waals surface area contributed by atoms with Crippen LogP contribution in [0.3, 0.4) is 0 Å². The molecule has 0 bridgehead atoms. The first-order chi connectivity index (χ1) is 7.56. The van der Waals surface area contributed by atoms with Gasteiger partial charge in [-0.3, -0.25) is 0 Å². The van der Waals surface area contributed by atoms with E-state index < -0.39 is 11.3 Å². The molecule has 3 nitrogen and oxygen atoms in total. The molecular weight excluding hydrogens is 202 g/mol. The van der Waals surface area contributed by atoms with E-state index in [1.807, 2.05) is 18.2 Å². The van der Waals surface area contributed by atoms with E-state index in [9.17, 15) is 10.2 Å². The van der Waals surface area contributed by atoms with E-state index in [4.69, 9.17) is 0 Å². The number of nitrogens with one attached hydrogen (secondary N) is 1. The van der Waals surface area contributed by atoms with Gasteiger partial charge in [-0.15, -0.1) is 0 Å². The first-order valence-corrected chi connectivity index (χ1v) is 5.81. The topological polar surface area (TPSA) is 52.5 Å². The Bertz CT molecular complexity index is 348. The predicted octanol–water partition coefficient (Wildman–Crippen LogP) is 1.60. The minimum atomic E-state index is -1.25. The molecule has 0 amide bonds. The van der Waals surface area contributed by atoms with Crippen LogP contribution >= 0.6 is 0 Å². The third-order valence-corrected chi connectivity index (χ3v) is 3.52. The van der Waals surface area contributed by atoms with Gasteiger partial charge >= 0.3 is 0 Å². The number of hydrogen-bond acceptors (Lipinski definition) is 3. The van der Waals surface area contributed by atoms with Gasteiger partial charge in [-0.05, 0) is 31.8 Å². The van der Waals surface area contributed by atoms with Crippen molar-refractivity contribution in [2.75, 3.05) is 0 Å². The molecule has 0 spiro atoms. The highest BCUT2D eigenvalue weighted by Gasteiger charge is 2.50. The number of rotatable bonds is 0. The Kier molecular flexibility index (Phi) is 2.91. The Labute approximate surface area is 96.2 Å². The van der Waals surface area contributed by atoms with Crippen molar-refractivity contribution < 1.29 is 10.2 Å². The van der Waals surface area contributed by atoms with Crippen molar-refractivity contribution in [1.82, 2.24) is 5.32 Å². The van der Waals surface area contributed by atoms with Gasteiger partial charge in [-0.1, -0.05) is 31.2 Å². The van der Waals surface area contributed by atoms with Gasteiger partial charge in [-0.2, -0.15) is 0 Å². The molecule has 1 fully saturated rings. The van der Waals surface area contributed by atoms with Crippen molar-refractivity contribution >= 4 is 0 Å². The summed E-state index contributed by atoms with van der Waals surface area (Å²) in [7, 11) is 0. The normalized spacial score (nSPS) is 43.2. The van der Waals surface area contributed by atoms with Crippen LogP contribution in [0.5, 0.6) is 0 Å². The lowest BCUT2D eigenvalue weighted by Gasteiger charge is -2.47. The molecule has 0 saturated heterocycles. The average Bonchev–Trinajstić information content (AvgIpc) is 2.27. The average molecular weight is 221 g/mol. The van der Waals surface area contributed by atoms with Crippen LogP contribution in [0.25, 0.3) is 0 Å². The quantitative estimate of drug-likeness (QED) is 0.582. The van der Waals surface area contributed by atoms with Crippen LogP contribution < -0.4 is 5.32 Å². The zero-order valence-corrected chi connectivity index (χ0v) is 9.45. The Hall–Kier alpha value is -1.06. The lowest BCUT2D eigenvalue weighted by atomic mass is 9.75. The first-order valence-electron chi connectivity index (χ1n) is 5.81. The molecule has 2 aliphatic rings. The van der Waals surface area contributed by atoms with Crippen LogP contribution in [0.15, 0.2) is 36.6 Å². The summed E-state index contributed by atoms with van der Waals surface area (Å²) in [5.41, 5.74) is -1.70. The highest BCUT2D eigenvalue weighted by atomic mass is 16.4. The van der Waals surface area contributed by atoms with E-state index in [2.05, 4.69) is 11.9 Å². The summed E-state index contributed by atoms with van der Waals surface area (Å²) in [6, 6.07) is 0. The maximum Gasteiger partial charge on any atom is 0.164 e. The minimum absolute atomic E-state index is 0.466. The van der Waals surface area contributed by atoms with Crippen LogP contribution in [0.2, 0.25) is 0 Å². The van der Waals surface area contributed by atoms with Crippen molar-refractivity contribution in [1.29, 1.82) is 0 Å². The summed E-state index contributed by atoms with van der Waals surface area (Å²) in [4.78, 5) is 0. The summed E-state index contributed by atoms with van der Waals surface area (Å²) in [6.07, 6.45) is 11.0. The van der Waals surface area contributed by atoms with Gasteiger partial charge in [0, 0.05) is 5.70 Å². The van der Waals surface area contributed by atoms with Crippen molar-refractivity contribution in [2.24, 2.45) is 0 Å². The van der Waals surface area contributed by atoms with E-state index in [1.54, 1.807) is 6.08 Å². The van der Waals surface area contributed by atoms with E-state index in [0.29, 0.717) is 25.0 Å². The highest BCUT2D eigenvalue weighted by molar-refractivity contribution is 5.23. The molecule has 88 valence electrons. The summed E-state index contributed by atoms with van der Waals surface area (Å²) in [5, 5.41) is 24.1. The van der Waals surface area contributed by atoms with Crippen molar-refractivity contribution in [3.05, 3.63) is 36.6 Å². The van der Waals surface area contributed by atoms with Gasteiger partial charge in [0.15, 0.2) is 5.72 Å². The molecule has 1 saturated carbocycles. The van der Waals surface area contributed by atoms with Crippen LogP contribution in [0, 0.1) is 0 Å². The fourth-order valence-electron chi connectivity index (χ4n) is 2.51. The fraction of sp³-hybridized carbons (Fsp3) is 0.538. The Morgan fingerprint density at radius 2 is 1.94 bits per heavy atom. The summed E-state index contributed by atoms with van der Waals surface area (Å²) in [6.45, 7) is 3.82. The second-order valence-corrected chi connectivity index (χ2v) is 4.74. The molecule has 3 N–H and O–H groups in total. The molecule has 0 aromatic carbocycles. The summed E-state index contributed by atoms with van der Waals surface area (Å²) >= 11 is 0. The van der Waals surface area contributed by atoms with Gasteiger partial charge in [-0.25, -0.2) is 0 Å². The molecule has 0 aromatic heterocycles. The largest absolute Gasteiger partial charge is 0.385 e. The summed E-state index contributed by atoms with van der Waals surface area (Å²) in [5.74, 6) is 0. The van der Waals surface area contributed by atoms with Crippen molar-refractivity contribution in [3.63, 3.8) is 0 Å². The lowest BCUT2D eigenvalue weighted by Crippen LogP contribution is -2.63. The Morgan fingerprint density at radius 3 is 2.75 bits per heavy atom. The zero-order valence-electron chi connectivity index (χ0n) is 9.45. The number of hydrogen-bond donors (Lipinski definition) is 3. The van der Waals surface area contributed by atoms with E-state index in [1.165, 1.54) is 0 Å². The van der Waals surface area contributed by atoms with Gasteiger partial charge in [0.1, 0.15) is 5.60 Å². The van der Waals surface area contributed by atoms with Gasteiger partial charge in [0.25, 0.3) is 0 Å². The Morgan fingerprint density at radius 1 is 1.19 bits per heavy atom. The van der Waals surface area contributed by atoms with Crippen LogP contribution in [-0.4, -0.2) is 21.5 Å². The minimum Gasteiger partial charge on any atom is -0.385 e. The lowest BCUT2D eigenvalue weighted by molar-refractivity contribution is -0.186. The van der Waals surface area contributed by atoms with Crippen molar-refractivity contribution in [3.8, 4) is 0 Å². The third kappa shape index (κ3) is 1.93. The van der Waals surface area contributed by atoms with Crippen molar-refractivity contribution in [2.45, 2.75) is 43.4 Å². The first kappa shape index (κ1) is 11.4. The second-order valence-electron chi connectivity index (χ2n) is 4.74. The van der Waals surface area contributed by atoms with Crippen LogP contribution in [0.4, 0.5) is 0 Å². The highest BCUT2D eigenvalue weighted by Crippen LogP contribution is 2.39. The predicted molar refractivity (Wildman–Crippen MR) is 63.5 cm³/mol. The number of fused-ring (bicyclic) bond motifs is 1. The monoisotopic (exact) mass is 221 g/mol. The summed E-state index contributed by atoms with van der Waals surface area (Å²) < 4.78 is 0.